The Morgan fingerprint density at radius 3 is 1.96 bits per heavy atom. The van der Waals surface area contributed by atoms with Gasteiger partial charge in [0.15, 0.2) is 11.6 Å². The lowest BCUT2D eigenvalue weighted by Gasteiger charge is -2.31. The zero-order valence-electron chi connectivity index (χ0n) is 14.4. The van der Waals surface area contributed by atoms with Gasteiger partial charge in [-0.15, -0.1) is 0 Å². The minimum atomic E-state index is -0.327. The molecule has 0 bridgehead atoms. The molecule has 3 nitrogen and oxygen atoms in total. The Bertz CT molecular complexity index is 877. The summed E-state index contributed by atoms with van der Waals surface area (Å²) in [5.74, 6) is -0.347. The maximum absolute atomic E-state index is 12.4. The van der Waals surface area contributed by atoms with Crippen molar-refractivity contribution in [2.24, 2.45) is 0 Å². The number of fused-ring (bicyclic) bond motifs is 1. The van der Waals surface area contributed by atoms with Gasteiger partial charge in [-0.25, -0.2) is 0 Å². The van der Waals surface area contributed by atoms with Crippen molar-refractivity contribution in [1.82, 2.24) is 5.32 Å². The minimum Gasteiger partial charge on any atom is -0.362 e. The van der Waals surface area contributed by atoms with Crippen LogP contribution in [0.5, 0.6) is 0 Å². The Labute approximate surface area is 142 Å². The molecule has 0 saturated carbocycles. The van der Waals surface area contributed by atoms with Crippen LogP contribution in [-0.2, 0) is 9.59 Å². The fraction of sp³-hybridized carbons (Fsp3) is 0.238. The molecule has 0 unspecified atom stereocenters. The lowest BCUT2D eigenvalue weighted by Crippen LogP contribution is -2.29. The zero-order valence-corrected chi connectivity index (χ0v) is 14.4. The fourth-order valence-electron chi connectivity index (χ4n) is 3.74. The average Bonchev–Trinajstić information content (AvgIpc) is 2.52. The second-order valence-corrected chi connectivity index (χ2v) is 6.32. The molecular weight excluding hydrogens is 298 g/mol. The summed E-state index contributed by atoms with van der Waals surface area (Å²) in [6.45, 7) is 6.93. The van der Waals surface area contributed by atoms with Crippen molar-refractivity contribution < 1.29 is 9.59 Å². The Morgan fingerprint density at radius 2 is 1.38 bits per heavy atom. The number of hydrogen-bond donors (Lipinski definition) is 1. The second-order valence-electron chi connectivity index (χ2n) is 6.32. The molecule has 3 heteroatoms. The van der Waals surface area contributed by atoms with Crippen molar-refractivity contribution in [3.05, 3.63) is 70.6 Å². The zero-order chi connectivity index (χ0) is 17.4. The number of hydrogen-bond acceptors (Lipinski definition) is 3. The van der Waals surface area contributed by atoms with Crippen LogP contribution in [0.1, 0.15) is 39.2 Å². The number of carbonyl (C=O) groups is 2. The SMILES string of the molecule is CC(=O)C1=C(C)NC(C)=C(C(C)=O)C1c1cccc2ccccc12. The highest BCUT2D eigenvalue weighted by atomic mass is 16.1. The molecule has 0 saturated heterocycles. The molecule has 24 heavy (non-hydrogen) atoms. The van der Waals surface area contributed by atoms with Gasteiger partial charge in [-0.2, -0.15) is 0 Å². The topological polar surface area (TPSA) is 46.2 Å². The van der Waals surface area contributed by atoms with Crippen LogP contribution < -0.4 is 5.32 Å². The molecule has 0 radical (unpaired) electrons. The van der Waals surface area contributed by atoms with E-state index in [2.05, 4.69) is 5.32 Å². The molecule has 2 aromatic rings. The van der Waals surface area contributed by atoms with Gasteiger partial charge in [0.05, 0.1) is 0 Å². The predicted molar refractivity (Wildman–Crippen MR) is 96.6 cm³/mol. The highest BCUT2D eigenvalue weighted by Crippen LogP contribution is 2.41. The van der Waals surface area contributed by atoms with Gasteiger partial charge in [-0.05, 0) is 44.0 Å². The molecule has 1 heterocycles. The van der Waals surface area contributed by atoms with Gasteiger partial charge >= 0.3 is 0 Å². The molecule has 1 aliphatic rings. The standard InChI is InChI=1S/C21H21NO2/c1-12-19(14(3)23)21(20(15(4)24)13(2)22-12)18-11-7-9-16-8-5-6-10-17(16)18/h5-11,21-22H,1-4H3. The van der Waals surface area contributed by atoms with Crippen LogP contribution in [0, 0.1) is 0 Å². The molecule has 0 atom stereocenters. The van der Waals surface area contributed by atoms with Crippen LogP contribution in [-0.4, -0.2) is 11.6 Å². The Morgan fingerprint density at radius 1 is 0.833 bits per heavy atom. The van der Waals surface area contributed by atoms with E-state index < -0.39 is 0 Å². The molecule has 0 fully saturated rings. The number of ketones is 2. The normalized spacial score (nSPS) is 15.7. The lowest BCUT2D eigenvalue weighted by molar-refractivity contribution is -0.114. The van der Waals surface area contributed by atoms with Gasteiger partial charge in [-0.1, -0.05) is 42.5 Å². The molecule has 1 N–H and O–H groups in total. The molecule has 0 aromatic heterocycles. The van der Waals surface area contributed by atoms with E-state index in [9.17, 15) is 9.59 Å². The fourth-order valence-corrected chi connectivity index (χ4v) is 3.74. The van der Waals surface area contributed by atoms with E-state index in [0.29, 0.717) is 11.1 Å². The molecule has 0 amide bonds. The number of rotatable bonds is 3. The van der Waals surface area contributed by atoms with Crippen LogP contribution in [0.25, 0.3) is 10.8 Å². The first-order valence-corrected chi connectivity index (χ1v) is 8.10. The maximum Gasteiger partial charge on any atom is 0.158 e. The van der Waals surface area contributed by atoms with E-state index >= 15 is 0 Å². The molecule has 2 aromatic carbocycles. The largest absolute Gasteiger partial charge is 0.362 e. The second kappa shape index (κ2) is 6.08. The number of dihydropyridines is 1. The first kappa shape index (κ1) is 16.2. The number of Topliss-reactive ketones (excluding diaryl/α,β-unsaturated/α-hetero) is 2. The van der Waals surface area contributed by atoms with Crippen molar-refractivity contribution in [2.45, 2.75) is 33.6 Å². The van der Waals surface area contributed by atoms with Crippen LogP contribution in [0.3, 0.4) is 0 Å². The summed E-state index contributed by atoms with van der Waals surface area (Å²) in [6.07, 6.45) is 0. The van der Waals surface area contributed by atoms with Gasteiger partial charge in [0.25, 0.3) is 0 Å². The number of carbonyl (C=O) groups excluding carboxylic acids is 2. The first-order valence-electron chi connectivity index (χ1n) is 8.10. The van der Waals surface area contributed by atoms with E-state index in [1.165, 1.54) is 0 Å². The summed E-state index contributed by atoms with van der Waals surface area (Å²) in [5.41, 5.74) is 3.99. The van der Waals surface area contributed by atoms with Crippen molar-refractivity contribution in [3.8, 4) is 0 Å². The van der Waals surface area contributed by atoms with Gasteiger partial charge < -0.3 is 5.32 Å². The average molecular weight is 319 g/mol. The summed E-state index contributed by atoms with van der Waals surface area (Å²) < 4.78 is 0. The number of benzene rings is 2. The van der Waals surface area contributed by atoms with E-state index in [1.54, 1.807) is 13.8 Å². The van der Waals surface area contributed by atoms with Crippen LogP contribution in [0.4, 0.5) is 0 Å². The predicted octanol–water partition coefficient (Wildman–Crippen LogP) is 4.25. The molecule has 1 aliphatic heterocycles. The van der Waals surface area contributed by atoms with Crippen molar-refractivity contribution in [1.29, 1.82) is 0 Å². The Kier molecular flexibility index (Phi) is 4.10. The molecular formula is C21H21NO2. The van der Waals surface area contributed by atoms with E-state index in [0.717, 1.165) is 27.7 Å². The monoisotopic (exact) mass is 319 g/mol. The minimum absolute atomic E-state index is 0.0100. The Balaban J connectivity index is 2.35. The summed E-state index contributed by atoms with van der Waals surface area (Å²) >= 11 is 0. The molecule has 0 spiro atoms. The van der Waals surface area contributed by atoms with Crippen LogP contribution >= 0.6 is 0 Å². The third-order valence-electron chi connectivity index (χ3n) is 4.65. The van der Waals surface area contributed by atoms with Crippen molar-refractivity contribution in [3.63, 3.8) is 0 Å². The Hall–Kier alpha value is -2.68. The molecule has 3 rings (SSSR count). The quantitative estimate of drug-likeness (QED) is 0.920. The van der Waals surface area contributed by atoms with E-state index in [-0.39, 0.29) is 17.5 Å². The smallest absolute Gasteiger partial charge is 0.158 e. The molecule has 0 aliphatic carbocycles. The molecule has 122 valence electrons. The van der Waals surface area contributed by atoms with Crippen LogP contribution in [0.2, 0.25) is 0 Å². The van der Waals surface area contributed by atoms with Gasteiger partial charge in [-0.3, -0.25) is 9.59 Å². The van der Waals surface area contributed by atoms with Gasteiger partial charge in [0.1, 0.15) is 0 Å². The third-order valence-corrected chi connectivity index (χ3v) is 4.65. The van der Waals surface area contributed by atoms with Crippen molar-refractivity contribution >= 4 is 22.3 Å². The summed E-state index contributed by atoms with van der Waals surface area (Å²) in [5, 5.41) is 5.39. The van der Waals surface area contributed by atoms with Gasteiger partial charge in [0.2, 0.25) is 0 Å². The summed E-state index contributed by atoms with van der Waals surface area (Å²) in [6, 6.07) is 14.1. The summed E-state index contributed by atoms with van der Waals surface area (Å²) in [7, 11) is 0. The number of allylic oxidation sites excluding steroid dienone is 4. The van der Waals surface area contributed by atoms with Gasteiger partial charge in [0, 0.05) is 28.5 Å². The van der Waals surface area contributed by atoms with E-state index in [4.69, 9.17) is 0 Å². The van der Waals surface area contributed by atoms with Crippen LogP contribution in [0.15, 0.2) is 65.0 Å². The highest BCUT2D eigenvalue weighted by molar-refractivity contribution is 6.05. The summed E-state index contributed by atoms with van der Waals surface area (Å²) in [4.78, 5) is 24.7. The van der Waals surface area contributed by atoms with Crippen molar-refractivity contribution in [2.75, 3.05) is 0 Å². The van der Waals surface area contributed by atoms with E-state index in [1.807, 2.05) is 56.3 Å². The maximum atomic E-state index is 12.4. The highest BCUT2D eigenvalue weighted by Gasteiger charge is 2.34. The number of nitrogens with one attached hydrogen (secondary N) is 1. The lowest BCUT2D eigenvalue weighted by atomic mass is 9.76. The first-order chi connectivity index (χ1) is 11.4. The third kappa shape index (κ3) is 2.56.